The van der Waals surface area contributed by atoms with Crippen LogP contribution in [0.4, 0.5) is 5.69 Å². The molecule has 0 aliphatic heterocycles. The predicted octanol–water partition coefficient (Wildman–Crippen LogP) is 4.00. The van der Waals surface area contributed by atoms with Gasteiger partial charge in [-0.15, -0.1) is 0 Å². The number of benzene rings is 2. The third kappa shape index (κ3) is 3.81. The van der Waals surface area contributed by atoms with Gasteiger partial charge in [0.05, 0.1) is 0 Å². The molecule has 2 rings (SSSR count). The van der Waals surface area contributed by atoms with Gasteiger partial charge in [-0.25, -0.2) is 0 Å². The van der Waals surface area contributed by atoms with E-state index in [1.54, 1.807) is 0 Å². The van der Waals surface area contributed by atoms with Crippen molar-refractivity contribution in [1.29, 1.82) is 0 Å². The molecule has 0 radical (unpaired) electrons. The SMILES string of the molecule is Cc1cc(Cl)ccc1OCCOc1cc(N)ccc1C. The summed E-state index contributed by atoms with van der Waals surface area (Å²) in [6, 6.07) is 11.2. The monoisotopic (exact) mass is 291 g/mol. The van der Waals surface area contributed by atoms with Crippen molar-refractivity contribution >= 4 is 17.3 Å². The minimum absolute atomic E-state index is 0.465. The first-order valence-corrected chi connectivity index (χ1v) is 6.82. The van der Waals surface area contributed by atoms with Gasteiger partial charge in [0.25, 0.3) is 0 Å². The molecule has 0 heterocycles. The van der Waals surface area contributed by atoms with Gasteiger partial charge in [0, 0.05) is 16.8 Å². The summed E-state index contributed by atoms with van der Waals surface area (Å²) in [6.45, 7) is 4.88. The number of nitrogens with two attached hydrogens (primary N) is 1. The highest BCUT2D eigenvalue weighted by atomic mass is 35.5. The maximum Gasteiger partial charge on any atom is 0.124 e. The molecule has 0 amide bonds. The summed E-state index contributed by atoms with van der Waals surface area (Å²) in [5, 5.41) is 0.710. The summed E-state index contributed by atoms with van der Waals surface area (Å²) in [4.78, 5) is 0. The molecule has 4 heteroatoms. The molecule has 0 saturated carbocycles. The van der Waals surface area contributed by atoms with Gasteiger partial charge in [0.1, 0.15) is 24.7 Å². The number of halogens is 1. The minimum atomic E-state index is 0.465. The summed E-state index contributed by atoms with van der Waals surface area (Å²) in [5.41, 5.74) is 8.50. The van der Waals surface area contributed by atoms with Crippen molar-refractivity contribution in [3.8, 4) is 11.5 Å². The average Bonchev–Trinajstić information content (AvgIpc) is 2.40. The Morgan fingerprint density at radius 3 is 2.30 bits per heavy atom. The van der Waals surface area contributed by atoms with Gasteiger partial charge in [0.15, 0.2) is 0 Å². The Labute approximate surface area is 124 Å². The lowest BCUT2D eigenvalue weighted by Gasteiger charge is -2.12. The number of aryl methyl sites for hydroxylation is 2. The molecule has 3 nitrogen and oxygen atoms in total. The number of rotatable bonds is 5. The standard InChI is InChI=1S/C16H18ClNO2/c1-11-3-5-14(18)10-16(11)20-8-7-19-15-6-4-13(17)9-12(15)2/h3-6,9-10H,7-8,18H2,1-2H3. The van der Waals surface area contributed by atoms with Crippen LogP contribution < -0.4 is 15.2 Å². The van der Waals surface area contributed by atoms with Crippen LogP contribution in [-0.4, -0.2) is 13.2 Å². The molecule has 2 aromatic carbocycles. The van der Waals surface area contributed by atoms with Crippen LogP contribution in [0.25, 0.3) is 0 Å². The van der Waals surface area contributed by atoms with E-state index >= 15 is 0 Å². The highest BCUT2D eigenvalue weighted by Crippen LogP contribution is 2.22. The third-order valence-corrected chi connectivity index (χ3v) is 3.18. The second-order valence-corrected chi connectivity index (χ2v) is 5.07. The van der Waals surface area contributed by atoms with Crippen LogP contribution >= 0.6 is 11.6 Å². The number of ether oxygens (including phenoxy) is 2. The van der Waals surface area contributed by atoms with Crippen molar-refractivity contribution in [1.82, 2.24) is 0 Å². The minimum Gasteiger partial charge on any atom is -0.490 e. The summed E-state index contributed by atoms with van der Waals surface area (Å²) in [5.74, 6) is 1.61. The van der Waals surface area contributed by atoms with E-state index in [-0.39, 0.29) is 0 Å². The summed E-state index contributed by atoms with van der Waals surface area (Å²) >= 11 is 5.90. The van der Waals surface area contributed by atoms with Crippen molar-refractivity contribution in [2.24, 2.45) is 0 Å². The molecule has 0 aliphatic rings. The summed E-state index contributed by atoms with van der Waals surface area (Å²) in [7, 11) is 0. The first kappa shape index (κ1) is 14.5. The molecule has 0 fully saturated rings. The summed E-state index contributed by atoms with van der Waals surface area (Å²) < 4.78 is 11.3. The molecule has 20 heavy (non-hydrogen) atoms. The molecule has 2 aromatic rings. The number of anilines is 1. The van der Waals surface area contributed by atoms with Crippen LogP contribution in [-0.2, 0) is 0 Å². The molecule has 0 aromatic heterocycles. The van der Waals surface area contributed by atoms with Gasteiger partial charge in [0.2, 0.25) is 0 Å². The Morgan fingerprint density at radius 2 is 1.60 bits per heavy atom. The molecule has 0 saturated heterocycles. The predicted molar refractivity (Wildman–Crippen MR) is 82.8 cm³/mol. The molecular weight excluding hydrogens is 274 g/mol. The Bertz CT molecular complexity index is 599. The third-order valence-electron chi connectivity index (χ3n) is 2.95. The van der Waals surface area contributed by atoms with Crippen LogP contribution in [0.3, 0.4) is 0 Å². The lowest BCUT2D eigenvalue weighted by Crippen LogP contribution is -2.10. The zero-order valence-corrected chi connectivity index (χ0v) is 12.4. The fourth-order valence-corrected chi connectivity index (χ4v) is 2.08. The van der Waals surface area contributed by atoms with Crippen LogP contribution in [0.1, 0.15) is 11.1 Å². The number of hydrogen-bond donors (Lipinski definition) is 1. The maximum absolute atomic E-state index is 5.90. The normalized spacial score (nSPS) is 10.3. The van der Waals surface area contributed by atoms with Gasteiger partial charge >= 0.3 is 0 Å². The first-order chi connectivity index (χ1) is 9.56. The number of nitrogen functional groups attached to an aromatic ring is 1. The van der Waals surface area contributed by atoms with Crippen molar-refractivity contribution < 1.29 is 9.47 Å². The summed E-state index contributed by atoms with van der Waals surface area (Å²) in [6.07, 6.45) is 0. The fraction of sp³-hybridized carbons (Fsp3) is 0.250. The van der Waals surface area contributed by atoms with Gasteiger partial charge < -0.3 is 15.2 Å². The zero-order valence-electron chi connectivity index (χ0n) is 11.7. The smallest absolute Gasteiger partial charge is 0.124 e. The largest absolute Gasteiger partial charge is 0.490 e. The molecule has 0 bridgehead atoms. The van der Waals surface area contributed by atoms with E-state index in [0.29, 0.717) is 23.9 Å². The van der Waals surface area contributed by atoms with Crippen molar-refractivity contribution in [2.75, 3.05) is 18.9 Å². The average molecular weight is 292 g/mol. The molecule has 0 spiro atoms. The van der Waals surface area contributed by atoms with Gasteiger partial charge in [-0.1, -0.05) is 17.7 Å². The van der Waals surface area contributed by atoms with Crippen LogP contribution in [0.15, 0.2) is 36.4 Å². The molecule has 0 atom stereocenters. The van der Waals surface area contributed by atoms with Crippen LogP contribution in [0.2, 0.25) is 5.02 Å². The second kappa shape index (κ2) is 6.53. The molecular formula is C16H18ClNO2. The topological polar surface area (TPSA) is 44.5 Å². The molecule has 0 unspecified atom stereocenters. The Balaban J connectivity index is 1.86. The highest BCUT2D eigenvalue weighted by molar-refractivity contribution is 6.30. The van der Waals surface area contributed by atoms with E-state index in [1.165, 1.54) is 0 Å². The first-order valence-electron chi connectivity index (χ1n) is 6.44. The van der Waals surface area contributed by atoms with E-state index in [4.69, 9.17) is 26.8 Å². The van der Waals surface area contributed by atoms with E-state index in [1.807, 2.05) is 50.2 Å². The van der Waals surface area contributed by atoms with Gasteiger partial charge in [-0.3, -0.25) is 0 Å². The quantitative estimate of drug-likeness (QED) is 0.669. The number of hydrogen-bond acceptors (Lipinski definition) is 3. The highest BCUT2D eigenvalue weighted by Gasteiger charge is 2.02. The van der Waals surface area contributed by atoms with Gasteiger partial charge in [-0.05, 0) is 49.2 Å². The van der Waals surface area contributed by atoms with Crippen molar-refractivity contribution in [3.05, 3.63) is 52.5 Å². The zero-order chi connectivity index (χ0) is 14.5. The van der Waals surface area contributed by atoms with E-state index in [2.05, 4.69) is 0 Å². The maximum atomic E-state index is 5.90. The van der Waals surface area contributed by atoms with Crippen LogP contribution in [0.5, 0.6) is 11.5 Å². The van der Waals surface area contributed by atoms with Crippen LogP contribution in [0, 0.1) is 13.8 Å². The van der Waals surface area contributed by atoms with Crippen molar-refractivity contribution in [2.45, 2.75) is 13.8 Å². The fourth-order valence-electron chi connectivity index (χ4n) is 1.85. The van der Waals surface area contributed by atoms with E-state index in [0.717, 1.165) is 22.6 Å². The van der Waals surface area contributed by atoms with Crippen molar-refractivity contribution in [3.63, 3.8) is 0 Å². The lowest BCUT2D eigenvalue weighted by molar-refractivity contribution is 0.215. The molecule has 0 aliphatic carbocycles. The van der Waals surface area contributed by atoms with E-state index in [9.17, 15) is 0 Å². The molecule has 2 N–H and O–H groups in total. The molecule has 106 valence electrons. The Hall–Kier alpha value is -1.87. The second-order valence-electron chi connectivity index (χ2n) is 4.63. The van der Waals surface area contributed by atoms with E-state index < -0.39 is 0 Å². The Morgan fingerprint density at radius 1 is 0.900 bits per heavy atom. The lowest BCUT2D eigenvalue weighted by atomic mass is 10.2. The van der Waals surface area contributed by atoms with Gasteiger partial charge in [-0.2, -0.15) is 0 Å². The Kier molecular flexibility index (Phi) is 4.74.